The molecular weight excluding hydrogens is 265 g/mol. The van der Waals surface area contributed by atoms with Crippen LogP contribution in [0.15, 0.2) is 35.4 Å². The van der Waals surface area contributed by atoms with Gasteiger partial charge >= 0.3 is 0 Å². The summed E-state index contributed by atoms with van der Waals surface area (Å²) in [6.07, 6.45) is 1.39. The molecule has 0 aliphatic carbocycles. The Bertz CT molecular complexity index is 697. The van der Waals surface area contributed by atoms with Crippen LogP contribution in [0.5, 0.6) is 0 Å². The second-order valence-corrected chi connectivity index (χ2v) is 4.61. The topological polar surface area (TPSA) is 60.9 Å². The van der Waals surface area contributed by atoms with Gasteiger partial charge < -0.3 is 5.73 Å². The average molecular weight is 277 g/mol. The van der Waals surface area contributed by atoms with Gasteiger partial charge in [-0.05, 0) is 25.1 Å². The molecule has 4 nitrogen and oxygen atoms in total. The van der Waals surface area contributed by atoms with E-state index in [0.717, 1.165) is 0 Å². The quantitative estimate of drug-likeness (QED) is 0.861. The van der Waals surface area contributed by atoms with Crippen LogP contribution >= 0.6 is 12.2 Å². The van der Waals surface area contributed by atoms with Gasteiger partial charge in [-0.2, -0.15) is 0 Å². The fraction of sp³-hybridized carbons (Fsp3) is 0.154. The van der Waals surface area contributed by atoms with Crippen LogP contribution in [-0.2, 0) is 6.54 Å². The molecule has 2 rings (SSSR count). The number of halogens is 1. The molecule has 98 valence electrons. The van der Waals surface area contributed by atoms with Crippen molar-refractivity contribution < 1.29 is 4.39 Å². The summed E-state index contributed by atoms with van der Waals surface area (Å²) in [5.74, 6) is -0.410. The molecule has 6 heteroatoms. The van der Waals surface area contributed by atoms with Gasteiger partial charge in [-0.15, -0.1) is 0 Å². The minimum absolute atomic E-state index is 0.0917. The number of hydrogen-bond donors (Lipinski definition) is 1. The van der Waals surface area contributed by atoms with Gasteiger partial charge in [0.2, 0.25) is 0 Å². The van der Waals surface area contributed by atoms with Crippen LogP contribution in [-0.4, -0.2) is 14.5 Å². The van der Waals surface area contributed by atoms with E-state index in [4.69, 9.17) is 18.0 Å². The van der Waals surface area contributed by atoms with Crippen molar-refractivity contribution >= 4 is 17.2 Å². The van der Waals surface area contributed by atoms with Crippen molar-refractivity contribution in [1.29, 1.82) is 0 Å². The first-order chi connectivity index (χ1) is 8.97. The Labute approximate surface area is 114 Å². The first-order valence-electron chi connectivity index (χ1n) is 5.58. The van der Waals surface area contributed by atoms with E-state index in [2.05, 4.69) is 4.98 Å². The lowest BCUT2D eigenvalue weighted by Gasteiger charge is -2.08. The van der Waals surface area contributed by atoms with E-state index < -0.39 is 5.82 Å². The van der Waals surface area contributed by atoms with Crippen LogP contribution in [0.3, 0.4) is 0 Å². The smallest absolute Gasteiger partial charge is 0.253 e. The lowest BCUT2D eigenvalue weighted by Crippen LogP contribution is -2.21. The Morgan fingerprint density at radius 1 is 1.47 bits per heavy atom. The van der Waals surface area contributed by atoms with Crippen molar-refractivity contribution in [3.8, 4) is 0 Å². The van der Waals surface area contributed by atoms with Crippen LogP contribution in [0.4, 0.5) is 4.39 Å². The Balaban J connectivity index is 2.40. The van der Waals surface area contributed by atoms with Crippen LogP contribution in [0.2, 0.25) is 0 Å². The number of benzene rings is 1. The number of aryl methyl sites for hydroxylation is 1. The third-order valence-electron chi connectivity index (χ3n) is 2.69. The standard InChI is InChI=1S/C13H12FN3OS/c1-8-4-12(18)17(7-16-8)6-10-5-9(13(15)19)2-3-11(10)14/h2-5,7H,6H2,1H3,(H2,15,19). The molecule has 0 saturated carbocycles. The molecule has 1 aromatic carbocycles. The first kappa shape index (κ1) is 13.4. The molecule has 0 radical (unpaired) electrons. The van der Waals surface area contributed by atoms with E-state index in [9.17, 15) is 9.18 Å². The van der Waals surface area contributed by atoms with E-state index in [1.807, 2.05) is 0 Å². The van der Waals surface area contributed by atoms with Gasteiger partial charge in [-0.1, -0.05) is 12.2 Å². The SMILES string of the molecule is Cc1cc(=O)n(Cc2cc(C(N)=S)ccc2F)cn1. The lowest BCUT2D eigenvalue weighted by atomic mass is 10.1. The molecule has 0 aliphatic rings. The summed E-state index contributed by atoms with van der Waals surface area (Å²) < 4.78 is 15.0. The molecular formula is C13H12FN3OS. The summed E-state index contributed by atoms with van der Waals surface area (Å²) in [6, 6.07) is 5.74. The summed E-state index contributed by atoms with van der Waals surface area (Å²) in [5, 5.41) is 0. The molecule has 1 aromatic heterocycles. The molecule has 0 spiro atoms. The fourth-order valence-corrected chi connectivity index (χ4v) is 1.79. The predicted octanol–water partition coefficient (Wildman–Crippen LogP) is 1.37. The molecule has 19 heavy (non-hydrogen) atoms. The third-order valence-corrected chi connectivity index (χ3v) is 2.92. The van der Waals surface area contributed by atoms with E-state index in [0.29, 0.717) is 16.8 Å². The molecule has 0 aliphatic heterocycles. The van der Waals surface area contributed by atoms with Crippen molar-refractivity contribution in [1.82, 2.24) is 9.55 Å². The molecule has 0 fully saturated rings. The highest BCUT2D eigenvalue weighted by Crippen LogP contribution is 2.11. The predicted molar refractivity (Wildman–Crippen MR) is 74.6 cm³/mol. The number of hydrogen-bond acceptors (Lipinski definition) is 3. The number of nitrogens with two attached hydrogens (primary N) is 1. The largest absolute Gasteiger partial charge is 0.389 e. The van der Waals surface area contributed by atoms with Gasteiger partial charge in [0.25, 0.3) is 5.56 Å². The number of nitrogens with zero attached hydrogens (tertiary/aromatic N) is 2. The van der Waals surface area contributed by atoms with Gasteiger partial charge in [0, 0.05) is 22.9 Å². The minimum Gasteiger partial charge on any atom is -0.389 e. The van der Waals surface area contributed by atoms with Gasteiger partial charge in [0.1, 0.15) is 10.8 Å². The Morgan fingerprint density at radius 2 is 2.21 bits per heavy atom. The summed E-state index contributed by atoms with van der Waals surface area (Å²) in [6.45, 7) is 1.81. The Kier molecular flexibility index (Phi) is 3.71. The van der Waals surface area contributed by atoms with Crippen molar-refractivity contribution in [2.75, 3.05) is 0 Å². The molecule has 0 saturated heterocycles. The second-order valence-electron chi connectivity index (χ2n) is 4.17. The maximum atomic E-state index is 13.7. The average Bonchev–Trinajstić information content (AvgIpc) is 2.34. The highest BCUT2D eigenvalue weighted by molar-refractivity contribution is 7.80. The van der Waals surface area contributed by atoms with Crippen molar-refractivity contribution in [3.63, 3.8) is 0 Å². The van der Waals surface area contributed by atoms with Crippen molar-refractivity contribution in [3.05, 3.63) is 63.6 Å². The lowest BCUT2D eigenvalue weighted by molar-refractivity contribution is 0.593. The normalized spacial score (nSPS) is 10.4. The summed E-state index contributed by atoms with van der Waals surface area (Å²) >= 11 is 4.85. The summed E-state index contributed by atoms with van der Waals surface area (Å²) in [5.41, 5.74) is 6.81. The number of thiocarbonyl (C=S) groups is 1. The third kappa shape index (κ3) is 3.03. The van der Waals surface area contributed by atoms with Crippen LogP contribution in [0.25, 0.3) is 0 Å². The fourth-order valence-electron chi connectivity index (χ4n) is 1.67. The van der Waals surface area contributed by atoms with E-state index in [-0.39, 0.29) is 17.1 Å². The molecule has 1 heterocycles. The zero-order valence-electron chi connectivity index (χ0n) is 10.3. The van der Waals surface area contributed by atoms with E-state index in [1.165, 1.54) is 29.1 Å². The Hall–Kier alpha value is -2.08. The number of rotatable bonds is 3. The molecule has 0 bridgehead atoms. The molecule has 0 amide bonds. The first-order valence-corrected chi connectivity index (χ1v) is 5.99. The van der Waals surface area contributed by atoms with Crippen LogP contribution in [0.1, 0.15) is 16.8 Å². The van der Waals surface area contributed by atoms with Gasteiger partial charge in [0.15, 0.2) is 0 Å². The van der Waals surface area contributed by atoms with E-state index >= 15 is 0 Å². The van der Waals surface area contributed by atoms with Gasteiger partial charge in [0.05, 0.1) is 12.9 Å². The van der Waals surface area contributed by atoms with Crippen LogP contribution < -0.4 is 11.3 Å². The molecule has 0 unspecified atom stereocenters. The summed E-state index contributed by atoms with van der Waals surface area (Å²) in [4.78, 5) is 15.9. The number of aromatic nitrogens is 2. The molecule has 0 atom stereocenters. The second kappa shape index (κ2) is 5.27. The zero-order valence-corrected chi connectivity index (χ0v) is 11.1. The van der Waals surface area contributed by atoms with Crippen molar-refractivity contribution in [2.24, 2.45) is 5.73 Å². The molecule has 2 N–H and O–H groups in total. The molecule has 2 aromatic rings. The van der Waals surface area contributed by atoms with Gasteiger partial charge in [-0.3, -0.25) is 9.36 Å². The summed E-state index contributed by atoms with van der Waals surface area (Å²) in [7, 11) is 0. The van der Waals surface area contributed by atoms with Crippen molar-refractivity contribution in [2.45, 2.75) is 13.5 Å². The van der Waals surface area contributed by atoms with Gasteiger partial charge in [-0.25, -0.2) is 9.37 Å². The maximum absolute atomic E-state index is 13.7. The maximum Gasteiger partial charge on any atom is 0.253 e. The van der Waals surface area contributed by atoms with Crippen LogP contribution in [0, 0.1) is 12.7 Å². The zero-order chi connectivity index (χ0) is 14.0. The van der Waals surface area contributed by atoms with E-state index in [1.54, 1.807) is 13.0 Å². The minimum atomic E-state index is -0.410. The highest BCUT2D eigenvalue weighted by Gasteiger charge is 2.07. The Morgan fingerprint density at radius 3 is 2.84 bits per heavy atom. The highest BCUT2D eigenvalue weighted by atomic mass is 32.1. The monoisotopic (exact) mass is 277 g/mol.